The molecule has 1 heterocycles. The molecule has 1 aromatic rings. The first kappa shape index (κ1) is 12.0. The van der Waals surface area contributed by atoms with Crippen molar-refractivity contribution in [2.75, 3.05) is 0 Å². The fraction of sp³-hybridized carbons (Fsp3) is 0.538. The molecule has 0 radical (unpaired) electrons. The average Bonchev–Trinajstić information content (AvgIpc) is 2.22. The van der Waals surface area contributed by atoms with Gasteiger partial charge in [-0.3, -0.25) is 0 Å². The van der Waals surface area contributed by atoms with Crippen LogP contribution in [0, 0.1) is 17.4 Å². The lowest BCUT2D eigenvalue weighted by Gasteiger charge is -2.34. The molecule has 0 saturated heterocycles. The van der Waals surface area contributed by atoms with E-state index >= 15 is 0 Å². The molecule has 2 rings (SSSR count). The van der Waals surface area contributed by atoms with Crippen molar-refractivity contribution in [3.8, 4) is 11.5 Å². The summed E-state index contributed by atoms with van der Waals surface area (Å²) in [5.41, 5.74) is 2.98. The van der Waals surface area contributed by atoms with E-state index in [4.69, 9.17) is 4.74 Å². The minimum atomic E-state index is -0.0945. The second-order valence-electron chi connectivity index (χ2n) is 5.08. The van der Waals surface area contributed by atoms with Crippen LogP contribution >= 0.6 is 22.6 Å². The summed E-state index contributed by atoms with van der Waals surface area (Å²) in [5.74, 6) is 1.40. The highest BCUT2D eigenvalue weighted by Crippen LogP contribution is 2.43. The molecule has 0 fully saturated rings. The molecule has 0 bridgehead atoms. The third-order valence-electron chi connectivity index (χ3n) is 3.32. The van der Waals surface area contributed by atoms with Crippen molar-refractivity contribution in [1.82, 2.24) is 0 Å². The highest BCUT2D eigenvalue weighted by molar-refractivity contribution is 14.1. The van der Waals surface area contributed by atoms with E-state index in [0.29, 0.717) is 5.75 Å². The molecular weight excluding hydrogens is 315 g/mol. The predicted octanol–water partition coefficient (Wildman–Crippen LogP) is 3.72. The SMILES string of the molecule is Cc1c(O)c(C)c2c(c1I)OC(C)(C)CC2. The predicted molar refractivity (Wildman–Crippen MR) is 73.3 cm³/mol. The van der Waals surface area contributed by atoms with Crippen LogP contribution in [-0.4, -0.2) is 10.7 Å². The van der Waals surface area contributed by atoms with Gasteiger partial charge in [-0.1, -0.05) is 0 Å². The zero-order valence-corrected chi connectivity index (χ0v) is 12.3. The maximum absolute atomic E-state index is 10.0. The van der Waals surface area contributed by atoms with Crippen molar-refractivity contribution >= 4 is 22.6 Å². The molecule has 1 aliphatic heterocycles. The Balaban J connectivity index is 2.65. The van der Waals surface area contributed by atoms with Gasteiger partial charge in [0.05, 0.1) is 3.57 Å². The Hall–Kier alpha value is -0.450. The lowest BCUT2D eigenvalue weighted by molar-refractivity contribution is 0.0829. The van der Waals surface area contributed by atoms with Gasteiger partial charge in [0.1, 0.15) is 17.1 Å². The number of rotatable bonds is 0. The number of hydrogen-bond donors (Lipinski definition) is 1. The lowest BCUT2D eigenvalue weighted by atomic mass is 9.90. The number of ether oxygens (including phenoxy) is 1. The fourth-order valence-corrected chi connectivity index (χ4v) is 2.85. The molecule has 0 aliphatic carbocycles. The Labute approximate surface area is 110 Å². The van der Waals surface area contributed by atoms with Gasteiger partial charge in [0.2, 0.25) is 0 Å². The summed E-state index contributed by atoms with van der Waals surface area (Å²) < 4.78 is 7.09. The summed E-state index contributed by atoms with van der Waals surface area (Å²) in [6, 6.07) is 0. The van der Waals surface area contributed by atoms with Crippen LogP contribution in [-0.2, 0) is 6.42 Å². The Morgan fingerprint density at radius 3 is 2.50 bits per heavy atom. The van der Waals surface area contributed by atoms with Gasteiger partial charge in [0.15, 0.2) is 0 Å². The van der Waals surface area contributed by atoms with Gasteiger partial charge < -0.3 is 9.84 Å². The van der Waals surface area contributed by atoms with Crippen LogP contribution in [0.15, 0.2) is 0 Å². The number of hydrogen-bond acceptors (Lipinski definition) is 2. The quantitative estimate of drug-likeness (QED) is 0.734. The topological polar surface area (TPSA) is 29.5 Å². The molecule has 16 heavy (non-hydrogen) atoms. The summed E-state index contributed by atoms with van der Waals surface area (Å²) in [4.78, 5) is 0. The van der Waals surface area contributed by atoms with Crippen molar-refractivity contribution in [1.29, 1.82) is 0 Å². The maximum Gasteiger partial charge on any atom is 0.137 e. The molecule has 0 unspecified atom stereocenters. The van der Waals surface area contributed by atoms with Gasteiger partial charge in [0, 0.05) is 11.1 Å². The van der Waals surface area contributed by atoms with Gasteiger partial charge in [-0.05, 0) is 68.7 Å². The molecule has 0 aromatic heterocycles. The molecule has 0 spiro atoms. The summed E-state index contributed by atoms with van der Waals surface area (Å²) in [6.45, 7) is 8.14. The average molecular weight is 332 g/mol. The summed E-state index contributed by atoms with van der Waals surface area (Å²) in [6.07, 6.45) is 1.98. The van der Waals surface area contributed by atoms with Gasteiger partial charge in [0.25, 0.3) is 0 Å². The highest BCUT2D eigenvalue weighted by Gasteiger charge is 2.31. The molecular formula is C13H17IO2. The smallest absolute Gasteiger partial charge is 0.137 e. The van der Waals surface area contributed by atoms with Crippen molar-refractivity contribution in [3.05, 3.63) is 20.3 Å². The molecule has 0 amide bonds. The van der Waals surface area contributed by atoms with Crippen molar-refractivity contribution in [3.63, 3.8) is 0 Å². The van der Waals surface area contributed by atoms with Crippen LogP contribution < -0.4 is 4.74 Å². The first-order valence-corrected chi connectivity index (χ1v) is 6.61. The normalized spacial score (nSPS) is 17.8. The first-order chi connectivity index (χ1) is 7.33. The number of aromatic hydroxyl groups is 1. The third-order valence-corrected chi connectivity index (χ3v) is 4.62. The Kier molecular flexibility index (Phi) is 2.85. The van der Waals surface area contributed by atoms with Crippen LogP contribution in [0.3, 0.4) is 0 Å². The number of phenolic OH excluding ortho intramolecular Hbond substituents is 1. The number of phenols is 1. The molecule has 3 heteroatoms. The maximum atomic E-state index is 10.0. The Bertz CT molecular complexity index is 450. The summed E-state index contributed by atoms with van der Waals surface area (Å²) in [7, 11) is 0. The largest absolute Gasteiger partial charge is 0.507 e. The summed E-state index contributed by atoms with van der Waals surface area (Å²) >= 11 is 2.26. The van der Waals surface area contributed by atoms with Crippen LogP contribution in [0.5, 0.6) is 11.5 Å². The zero-order chi connectivity index (χ0) is 12.1. The van der Waals surface area contributed by atoms with E-state index in [1.54, 1.807) is 0 Å². The van der Waals surface area contributed by atoms with E-state index in [1.165, 1.54) is 5.56 Å². The molecule has 0 saturated carbocycles. The van der Waals surface area contributed by atoms with Gasteiger partial charge >= 0.3 is 0 Å². The van der Waals surface area contributed by atoms with Crippen molar-refractivity contribution in [2.45, 2.75) is 46.1 Å². The van der Waals surface area contributed by atoms with E-state index in [2.05, 4.69) is 36.4 Å². The number of benzene rings is 1. The van der Waals surface area contributed by atoms with E-state index in [-0.39, 0.29) is 5.60 Å². The zero-order valence-electron chi connectivity index (χ0n) is 10.1. The minimum Gasteiger partial charge on any atom is -0.507 e. The number of halogens is 1. The van der Waals surface area contributed by atoms with Crippen LogP contribution in [0.4, 0.5) is 0 Å². The Morgan fingerprint density at radius 1 is 1.25 bits per heavy atom. The molecule has 0 atom stereocenters. The van der Waals surface area contributed by atoms with Crippen molar-refractivity contribution in [2.24, 2.45) is 0 Å². The first-order valence-electron chi connectivity index (χ1n) is 5.53. The van der Waals surface area contributed by atoms with E-state index in [9.17, 15) is 5.11 Å². The van der Waals surface area contributed by atoms with E-state index < -0.39 is 0 Å². The van der Waals surface area contributed by atoms with Gasteiger partial charge in [-0.15, -0.1) is 0 Å². The van der Waals surface area contributed by atoms with E-state index in [0.717, 1.165) is 33.3 Å². The number of fused-ring (bicyclic) bond motifs is 1. The Morgan fingerprint density at radius 2 is 1.88 bits per heavy atom. The monoisotopic (exact) mass is 332 g/mol. The van der Waals surface area contributed by atoms with E-state index in [1.807, 2.05) is 13.8 Å². The second kappa shape index (κ2) is 3.79. The minimum absolute atomic E-state index is 0.0945. The van der Waals surface area contributed by atoms with Crippen molar-refractivity contribution < 1.29 is 9.84 Å². The molecule has 1 N–H and O–H groups in total. The lowest BCUT2D eigenvalue weighted by Crippen LogP contribution is -2.33. The summed E-state index contributed by atoms with van der Waals surface area (Å²) in [5, 5.41) is 10.0. The van der Waals surface area contributed by atoms with Gasteiger partial charge in [-0.25, -0.2) is 0 Å². The van der Waals surface area contributed by atoms with Crippen LogP contribution in [0.2, 0.25) is 0 Å². The molecule has 1 aliphatic rings. The van der Waals surface area contributed by atoms with Crippen LogP contribution in [0.25, 0.3) is 0 Å². The third kappa shape index (κ3) is 1.79. The standard InChI is InChI=1S/C13H17IO2/c1-7-9-5-6-13(3,4)16-12(9)10(14)8(2)11(7)15/h15H,5-6H2,1-4H3. The molecule has 88 valence electrons. The highest BCUT2D eigenvalue weighted by atomic mass is 127. The fourth-order valence-electron chi connectivity index (χ4n) is 2.16. The van der Waals surface area contributed by atoms with Gasteiger partial charge in [-0.2, -0.15) is 0 Å². The molecule has 2 nitrogen and oxygen atoms in total. The molecule has 1 aromatic carbocycles. The van der Waals surface area contributed by atoms with Crippen LogP contribution in [0.1, 0.15) is 37.0 Å². The second-order valence-corrected chi connectivity index (χ2v) is 6.16.